The van der Waals surface area contributed by atoms with Crippen molar-refractivity contribution in [1.29, 1.82) is 0 Å². The summed E-state index contributed by atoms with van der Waals surface area (Å²) < 4.78 is 28.2. The van der Waals surface area contributed by atoms with Crippen molar-refractivity contribution in [1.82, 2.24) is 14.3 Å². The molecule has 2 heterocycles. The summed E-state index contributed by atoms with van der Waals surface area (Å²) in [7, 11) is 0.0889. The van der Waals surface area contributed by atoms with Crippen LogP contribution in [0, 0.1) is 0 Å². The Hall–Kier alpha value is -1.25. The Morgan fingerprint density at radius 1 is 1.37 bits per heavy atom. The second-order valence-corrected chi connectivity index (χ2v) is 7.06. The third kappa shape index (κ3) is 3.40. The van der Waals surface area contributed by atoms with Crippen LogP contribution in [0.5, 0.6) is 0 Å². The monoisotopic (exact) mass is 318 g/mol. The van der Waals surface area contributed by atoms with Gasteiger partial charge in [-0.25, -0.2) is 18.4 Å². The molecule has 0 saturated carbocycles. The molecule has 0 atom stereocenters. The zero-order valence-corrected chi connectivity index (χ0v) is 12.6. The van der Waals surface area contributed by atoms with Gasteiger partial charge in [-0.05, 0) is 12.1 Å². The summed E-state index contributed by atoms with van der Waals surface area (Å²) in [5.41, 5.74) is 0. The Bertz CT molecular complexity index is 667. The van der Waals surface area contributed by atoms with E-state index in [2.05, 4.69) is 14.3 Å². The lowest BCUT2D eigenvalue weighted by Crippen LogP contribution is -2.10. The van der Waals surface area contributed by atoms with Crippen LogP contribution < -0.4 is 4.90 Å². The maximum Gasteiger partial charge on any atom is 0.204 e. The van der Waals surface area contributed by atoms with Crippen LogP contribution in [0.15, 0.2) is 23.4 Å². The molecule has 0 saturated heterocycles. The molecule has 102 valence electrons. The first-order chi connectivity index (χ1) is 8.88. The highest BCUT2D eigenvalue weighted by Gasteiger charge is 2.20. The number of anilines is 1. The molecule has 0 aliphatic carbocycles. The van der Waals surface area contributed by atoms with E-state index in [0.29, 0.717) is 10.2 Å². The Morgan fingerprint density at radius 3 is 2.63 bits per heavy atom. The molecule has 2 aromatic heterocycles. The van der Waals surface area contributed by atoms with E-state index >= 15 is 0 Å². The van der Waals surface area contributed by atoms with Crippen molar-refractivity contribution >= 4 is 38.1 Å². The molecule has 0 aliphatic heterocycles. The van der Waals surface area contributed by atoms with Crippen LogP contribution in [0.3, 0.4) is 0 Å². The SMILES string of the molecule is CN(C)c1nc(CS(=O)(=O)c2ccc(Cl)cn2)ns1. The average Bonchev–Trinajstić information content (AvgIpc) is 2.77. The number of sulfone groups is 1. The minimum absolute atomic E-state index is 0.0295. The van der Waals surface area contributed by atoms with Crippen molar-refractivity contribution in [3.05, 3.63) is 29.2 Å². The summed E-state index contributed by atoms with van der Waals surface area (Å²) >= 11 is 6.83. The maximum absolute atomic E-state index is 12.1. The average molecular weight is 319 g/mol. The minimum atomic E-state index is -3.55. The standard InChI is InChI=1S/C10H11ClN4O2S2/c1-15(2)10-13-8(14-18-10)6-19(16,17)9-4-3-7(11)5-12-9/h3-5H,6H2,1-2H3. The molecule has 0 fully saturated rings. The van der Waals surface area contributed by atoms with Gasteiger partial charge in [0.1, 0.15) is 5.75 Å². The van der Waals surface area contributed by atoms with E-state index in [0.717, 1.165) is 11.5 Å². The minimum Gasteiger partial charge on any atom is -0.353 e. The number of aromatic nitrogens is 3. The van der Waals surface area contributed by atoms with Crippen LogP contribution in [0.1, 0.15) is 5.82 Å². The highest BCUT2D eigenvalue weighted by molar-refractivity contribution is 7.90. The highest BCUT2D eigenvalue weighted by Crippen LogP contribution is 2.19. The van der Waals surface area contributed by atoms with Crippen LogP contribution in [0.4, 0.5) is 5.13 Å². The normalized spacial score (nSPS) is 11.5. The Morgan fingerprint density at radius 2 is 2.11 bits per heavy atom. The maximum atomic E-state index is 12.1. The van der Waals surface area contributed by atoms with Gasteiger partial charge in [-0.1, -0.05) is 11.6 Å². The number of halogens is 1. The van der Waals surface area contributed by atoms with E-state index in [9.17, 15) is 8.42 Å². The van der Waals surface area contributed by atoms with Crippen molar-refractivity contribution in [3.8, 4) is 0 Å². The summed E-state index contributed by atoms with van der Waals surface area (Å²) in [5.74, 6) is -0.00292. The second kappa shape index (κ2) is 5.40. The van der Waals surface area contributed by atoms with Crippen molar-refractivity contribution < 1.29 is 8.42 Å². The molecular formula is C10H11ClN4O2S2. The Kier molecular flexibility index (Phi) is 4.02. The van der Waals surface area contributed by atoms with E-state index in [-0.39, 0.29) is 16.6 Å². The first-order valence-corrected chi connectivity index (χ1v) is 8.03. The lowest BCUT2D eigenvalue weighted by molar-refractivity contribution is 0.590. The van der Waals surface area contributed by atoms with Crippen LogP contribution in [-0.4, -0.2) is 36.9 Å². The zero-order chi connectivity index (χ0) is 14.0. The predicted octanol–water partition coefficient (Wildman–Crippen LogP) is 1.63. The van der Waals surface area contributed by atoms with E-state index in [1.54, 1.807) is 4.90 Å². The second-order valence-electron chi connectivity index (χ2n) is 3.96. The Balaban J connectivity index is 2.23. The van der Waals surface area contributed by atoms with Crippen LogP contribution in [-0.2, 0) is 15.6 Å². The molecule has 0 bridgehead atoms. The molecule has 0 unspecified atom stereocenters. The molecule has 0 radical (unpaired) electrons. The summed E-state index contributed by atoms with van der Waals surface area (Å²) in [5, 5.41) is 1.02. The van der Waals surface area contributed by atoms with Gasteiger partial charge in [-0.2, -0.15) is 4.37 Å². The molecule has 0 aliphatic rings. The van der Waals surface area contributed by atoms with Crippen LogP contribution >= 0.6 is 23.1 Å². The molecule has 19 heavy (non-hydrogen) atoms. The summed E-state index contributed by atoms with van der Waals surface area (Å²) in [6, 6.07) is 2.86. The van der Waals surface area contributed by atoms with Gasteiger partial charge in [0, 0.05) is 31.8 Å². The number of pyridine rings is 1. The first-order valence-electron chi connectivity index (χ1n) is 5.23. The third-order valence-corrected chi connectivity index (χ3v) is 4.84. The largest absolute Gasteiger partial charge is 0.353 e. The summed E-state index contributed by atoms with van der Waals surface area (Å²) in [6.07, 6.45) is 1.30. The van der Waals surface area contributed by atoms with E-state index < -0.39 is 9.84 Å². The molecule has 0 aromatic carbocycles. The molecule has 0 amide bonds. The van der Waals surface area contributed by atoms with Crippen LogP contribution in [0.25, 0.3) is 0 Å². The predicted molar refractivity (Wildman–Crippen MR) is 74.4 cm³/mol. The topological polar surface area (TPSA) is 76.1 Å². The summed E-state index contributed by atoms with van der Waals surface area (Å²) in [4.78, 5) is 9.72. The fourth-order valence-corrected chi connectivity index (χ4v) is 3.18. The number of nitrogens with zero attached hydrogens (tertiary/aromatic N) is 4. The molecule has 0 N–H and O–H groups in total. The number of rotatable bonds is 4. The van der Waals surface area contributed by atoms with Gasteiger partial charge in [0.25, 0.3) is 0 Å². The highest BCUT2D eigenvalue weighted by atomic mass is 35.5. The molecule has 6 nitrogen and oxygen atoms in total. The molecule has 0 spiro atoms. The van der Waals surface area contributed by atoms with Gasteiger partial charge in [0.15, 0.2) is 10.9 Å². The van der Waals surface area contributed by atoms with Crippen molar-refractivity contribution in [3.63, 3.8) is 0 Å². The van der Waals surface area contributed by atoms with E-state index in [1.165, 1.54) is 18.3 Å². The quantitative estimate of drug-likeness (QED) is 0.852. The first kappa shape index (κ1) is 14.2. The van der Waals surface area contributed by atoms with Gasteiger partial charge in [0.2, 0.25) is 15.0 Å². The molecule has 9 heteroatoms. The lowest BCUT2D eigenvalue weighted by Gasteiger charge is -2.04. The van der Waals surface area contributed by atoms with Crippen molar-refractivity contribution in [2.75, 3.05) is 19.0 Å². The summed E-state index contributed by atoms with van der Waals surface area (Å²) in [6.45, 7) is 0. The van der Waals surface area contributed by atoms with Gasteiger partial charge in [0.05, 0.1) is 5.02 Å². The molecular weight excluding hydrogens is 308 g/mol. The fourth-order valence-electron chi connectivity index (χ4n) is 1.28. The van der Waals surface area contributed by atoms with Crippen molar-refractivity contribution in [2.45, 2.75) is 10.8 Å². The third-order valence-electron chi connectivity index (χ3n) is 2.18. The van der Waals surface area contributed by atoms with Gasteiger partial charge in [-0.3, -0.25) is 0 Å². The van der Waals surface area contributed by atoms with Gasteiger partial charge >= 0.3 is 0 Å². The van der Waals surface area contributed by atoms with Gasteiger partial charge < -0.3 is 4.90 Å². The lowest BCUT2D eigenvalue weighted by atomic mass is 10.5. The van der Waals surface area contributed by atoms with E-state index in [1.807, 2.05) is 14.1 Å². The van der Waals surface area contributed by atoms with E-state index in [4.69, 9.17) is 11.6 Å². The van der Waals surface area contributed by atoms with Gasteiger partial charge in [-0.15, -0.1) is 0 Å². The smallest absolute Gasteiger partial charge is 0.204 e. The number of hydrogen-bond acceptors (Lipinski definition) is 7. The fraction of sp³-hybridized carbons (Fsp3) is 0.300. The number of hydrogen-bond donors (Lipinski definition) is 0. The zero-order valence-electron chi connectivity index (χ0n) is 10.2. The molecule has 2 rings (SSSR count). The van der Waals surface area contributed by atoms with Crippen molar-refractivity contribution in [2.24, 2.45) is 0 Å². The molecule has 2 aromatic rings. The Labute approximate surface area is 120 Å². The van der Waals surface area contributed by atoms with Crippen LogP contribution in [0.2, 0.25) is 5.02 Å².